The standard InChI is InChI=1S/C10H13NO3/c1-13-9-6-4-3-5-8(9)11-7-10(12)14-2/h3-6,11H,7H2,1-2H3. The van der Waals surface area contributed by atoms with Gasteiger partial charge < -0.3 is 14.8 Å². The van der Waals surface area contributed by atoms with Crippen LogP contribution in [0.25, 0.3) is 0 Å². The molecule has 0 atom stereocenters. The van der Waals surface area contributed by atoms with Crippen LogP contribution in [-0.2, 0) is 9.53 Å². The summed E-state index contributed by atoms with van der Waals surface area (Å²) < 4.78 is 9.60. The molecule has 0 fully saturated rings. The summed E-state index contributed by atoms with van der Waals surface area (Å²) in [6, 6.07) is 7.38. The molecule has 0 radical (unpaired) electrons. The van der Waals surface area contributed by atoms with Crippen molar-refractivity contribution in [2.24, 2.45) is 0 Å². The van der Waals surface area contributed by atoms with Crippen LogP contribution in [-0.4, -0.2) is 26.7 Å². The van der Waals surface area contributed by atoms with Crippen molar-refractivity contribution in [3.63, 3.8) is 0 Å². The summed E-state index contributed by atoms with van der Waals surface area (Å²) in [4.78, 5) is 10.9. The molecule has 1 N–H and O–H groups in total. The monoisotopic (exact) mass is 195 g/mol. The Morgan fingerprint density at radius 3 is 2.71 bits per heavy atom. The number of carbonyl (C=O) groups excluding carboxylic acids is 1. The molecule has 0 aliphatic carbocycles. The van der Waals surface area contributed by atoms with Gasteiger partial charge in [0.15, 0.2) is 0 Å². The van der Waals surface area contributed by atoms with Crippen LogP contribution in [0.5, 0.6) is 5.75 Å². The molecule has 0 heterocycles. The third-order valence-corrected chi connectivity index (χ3v) is 1.76. The number of ether oxygens (including phenoxy) is 2. The number of nitrogens with one attached hydrogen (secondary N) is 1. The number of carbonyl (C=O) groups is 1. The molecule has 0 aliphatic heterocycles. The molecule has 0 aliphatic rings. The van der Waals surface area contributed by atoms with Crippen LogP contribution in [0.2, 0.25) is 0 Å². The normalized spacial score (nSPS) is 9.29. The summed E-state index contributed by atoms with van der Waals surface area (Å²) in [5.41, 5.74) is 0.778. The van der Waals surface area contributed by atoms with Gasteiger partial charge >= 0.3 is 5.97 Å². The molecule has 0 aromatic heterocycles. The van der Waals surface area contributed by atoms with E-state index in [2.05, 4.69) is 10.1 Å². The van der Waals surface area contributed by atoms with Gasteiger partial charge in [0, 0.05) is 0 Å². The Balaban J connectivity index is 2.61. The average molecular weight is 195 g/mol. The Bertz CT molecular complexity index is 312. The van der Waals surface area contributed by atoms with Gasteiger partial charge in [0.2, 0.25) is 0 Å². The Morgan fingerprint density at radius 2 is 2.07 bits per heavy atom. The highest BCUT2D eigenvalue weighted by Gasteiger charge is 2.03. The second kappa shape index (κ2) is 5.11. The minimum absolute atomic E-state index is 0.136. The van der Waals surface area contributed by atoms with Crippen molar-refractivity contribution in [2.75, 3.05) is 26.1 Å². The highest BCUT2D eigenvalue weighted by molar-refractivity contribution is 5.75. The molecule has 0 amide bonds. The van der Waals surface area contributed by atoms with Gasteiger partial charge in [-0.15, -0.1) is 0 Å². The van der Waals surface area contributed by atoms with E-state index in [4.69, 9.17) is 4.74 Å². The predicted molar refractivity (Wildman–Crippen MR) is 53.5 cm³/mol. The Labute approximate surface area is 82.8 Å². The van der Waals surface area contributed by atoms with Crippen LogP contribution in [0, 0.1) is 0 Å². The minimum Gasteiger partial charge on any atom is -0.495 e. The van der Waals surface area contributed by atoms with Crippen molar-refractivity contribution in [3.8, 4) is 5.75 Å². The number of anilines is 1. The van der Waals surface area contributed by atoms with Crippen molar-refractivity contribution in [1.29, 1.82) is 0 Å². The number of benzene rings is 1. The SMILES string of the molecule is COC(=O)CNc1ccccc1OC. The second-order valence-electron chi connectivity index (χ2n) is 2.63. The number of hydrogen-bond acceptors (Lipinski definition) is 4. The summed E-state index contributed by atoms with van der Waals surface area (Å²) in [6.07, 6.45) is 0. The molecule has 0 bridgehead atoms. The first-order valence-corrected chi connectivity index (χ1v) is 4.21. The molecule has 14 heavy (non-hydrogen) atoms. The maximum atomic E-state index is 10.9. The topological polar surface area (TPSA) is 47.6 Å². The number of esters is 1. The van der Waals surface area contributed by atoms with Crippen LogP contribution in [0.4, 0.5) is 5.69 Å². The fourth-order valence-electron chi connectivity index (χ4n) is 1.03. The summed E-state index contributed by atoms with van der Waals surface area (Å²) in [5, 5.41) is 2.92. The van der Waals surface area contributed by atoms with E-state index in [1.165, 1.54) is 7.11 Å². The number of para-hydroxylation sites is 2. The Kier molecular flexibility index (Phi) is 3.79. The molecular weight excluding hydrogens is 182 g/mol. The minimum atomic E-state index is -0.309. The van der Waals surface area contributed by atoms with Crippen LogP contribution < -0.4 is 10.1 Å². The maximum absolute atomic E-state index is 10.9. The maximum Gasteiger partial charge on any atom is 0.325 e. The quantitative estimate of drug-likeness (QED) is 0.735. The fraction of sp³-hybridized carbons (Fsp3) is 0.300. The third kappa shape index (κ3) is 2.65. The zero-order chi connectivity index (χ0) is 10.4. The van der Waals surface area contributed by atoms with E-state index in [0.29, 0.717) is 5.75 Å². The van der Waals surface area contributed by atoms with Gasteiger partial charge in [-0.25, -0.2) is 0 Å². The van der Waals surface area contributed by atoms with Crippen molar-refractivity contribution in [1.82, 2.24) is 0 Å². The molecule has 76 valence electrons. The number of methoxy groups -OCH3 is 2. The van der Waals surface area contributed by atoms with Gasteiger partial charge in [0.1, 0.15) is 12.3 Å². The molecule has 1 rings (SSSR count). The van der Waals surface area contributed by atoms with Crippen molar-refractivity contribution in [3.05, 3.63) is 24.3 Å². The van der Waals surface area contributed by atoms with Crippen molar-refractivity contribution < 1.29 is 14.3 Å². The molecule has 4 nitrogen and oxygen atoms in total. The summed E-state index contributed by atoms with van der Waals surface area (Å²) in [5.74, 6) is 0.396. The number of rotatable bonds is 4. The van der Waals surface area contributed by atoms with Crippen LogP contribution in [0.15, 0.2) is 24.3 Å². The highest BCUT2D eigenvalue weighted by Crippen LogP contribution is 2.22. The molecule has 1 aromatic carbocycles. The van der Waals surface area contributed by atoms with E-state index in [0.717, 1.165) is 5.69 Å². The number of hydrogen-bond donors (Lipinski definition) is 1. The smallest absolute Gasteiger partial charge is 0.325 e. The van der Waals surface area contributed by atoms with Gasteiger partial charge in [-0.3, -0.25) is 4.79 Å². The highest BCUT2D eigenvalue weighted by atomic mass is 16.5. The molecule has 0 saturated carbocycles. The van der Waals surface area contributed by atoms with Crippen molar-refractivity contribution in [2.45, 2.75) is 0 Å². The van der Waals surface area contributed by atoms with E-state index >= 15 is 0 Å². The molecular formula is C10H13NO3. The van der Waals surface area contributed by atoms with Gasteiger partial charge in [-0.2, -0.15) is 0 Å². The lowest BCUT2D eigenvalue weighted by Gasteiger charge is -2.09. The zero-order valence-corrected chi connectivity index (χ0v) is 8.24. The predicted octanol–water partition coefficient (Wildman–Crippen LogP) is 1.28. The van der Waals surface area contributed by atoms with E-state index < -0.39 is 0 Å². The largest absolute Gasteiger partial charge is 0.495 e. The van der Waals surface area contributed by atoms with E-state index in [-0.39, 0.29) is 12.5 Å². The molecule has 0 saturated heterocycles. The summed E-state index contributed by atoms with van der Waals surface area (Å²) in [6.45, 7) is 0.136. The Morgan fingerprint density at radius 1 is 1.36 bits per heavy atom. The third-order valence-electron chi connectivity index (χ3n) is 1.76. The van der Waals surface area contributed by atoms with E-state index in [9.17, 15) is 4.79 Å². The lowest BCUT2D eigenvalue weighted by atomic mass is 10.3. The Hall–Kier alpha value is -1.71. The summed E-state index contributed by atoms with van der Waals surface area (Å²) in [7, 11) is 2.94. The molecule has 0 unspecified atom stereocenters. The van der Waals surface area contributed by atoms with Gasteiger partial charge in [0.25, 0.3) is 0 Å². The lowest BCUT2D eigenvalue weighted by molar-refractivity contribution is -0.138. The molecule has 0 spiro atoms. The first-order valence-electron chi connectivity index (χ1n) is 4.21. The van der Waals surface area contributed by atoms with Gasteiger partial charge in [-0.1, -0.05) is 12.1 Å². The van der Waals surface area contributed by atoms with Gasteiger partial charge in [0.05, 0.1) is 19.9 Å². The lowest BCUT2D eigenvalue weighted by Crippen LogP contribution is -2.15. The van der Waals surface area contributed by atoms with Crippen LogP contribution >= 0.6 is 0 Å². The zero-order valence-electron chi connectivity index (χ0n) is 8.24. The van der Waals surface area contributed by atoms with E-state index in [1.807, 2.05) is 24.3 Å². The summed E-state index contributed by atoms with van der Waals surface area (Å²) >= 11 is 0. The fourth-order valence-corrected chi connectivity index (χ4v) is 1.03. The molecule has 1 aromatic rings. The molecule has 4 heteroatoms. The first kappa shape index (κ1) is 10.4. The average Bonchev–Trinajstić information content (AvgIpc) is 2.26. The van der Waals surface area contributed by atoms with Gasteiger partial charge in [-0.05, 0) is 12.1 Å². The second-order valence-corrected chi connectivity index (χ2v) is 2.63. The van der Waals surface area contributed by atoms with E-state index in [1.54, 1.807) is 7.11 Å². The van der Waals surface area contributed by atoms with Crippen LogP contribution in [0.3, 0.4) is 0 Å². The first-order chi connectivity index (χ1) is 6.77. The van der Waals surface area contributed by atoms with Crippen molar-refractivity contribution >= 4 is 11.7 Å². The van der Waals surface area contributed by atoms with Crippen LogP contribution in [0.1, 0.15) is 0 Å².